The van der Waals surface area contributed by atoms with E-state index >= 15 is 0 Å². The lowest BCUT2D eigenvalue weighted by Gasteiger charge is -2.15. The quantitative estimate of drug-likeness (QED) is 0.853. The normalized spacial score (nSPS) is 12.4. The fraction of sp³-hybridized carbons (Fsp3) is 0.400. The van der Waals surface area contributed by atoms with Crippen molar-refractivity contribution in [2.75, 3.05) is 7.11 Å². The van der Waals surface area contributed by atoms with Crippen molar-refractivity contribution < 1.29 is 9.13 Å². The molecule has 1 aromatic heterocycles. The van der Waals surface area contributed by atoms with Crippen molar-refractivity contribution in [3.05, 3.63) is 47.0 Å². The Morgan fingerprint density at radius 2 is 2.25 bits per heavy atom. The maximum absolute atomic E-state index is 13.8. The van der Waals surface area contributed by atoms with E-state index in [0.29, 0.717) is 17.9 Å². The molecule has 2 N–H and O–H groups in total. The summed E-state index contributed by atoms with van der Waals surface area (Å²) in [5.41, 5.74) is 2.60. The summed E-state index contributed by atoms with van der Waals surface area (Å²) in [5, 5.41) is 10.4. The third-order valence-electron chi connectivity index (χ3n) is 3.20. The molecule has 0 spiro atoms. The summed E-state index contributed by atoms with van der Waals surface area (Å²) in [5.74, 6) is 0.319. The summed E-state index contributed by atoms with van der Waals surface area (Å²) in [6, 6.07) is 7.07. The summed E-state index contributed by atoms with van der Waals surface area (Å²) in [6.45, 7) is 4.45. The number of nitrogens with one attached hydrogen (secondary N) is 2. The monoisotopic (exact) mass is 277 g/mol. The average Bonchev–Trinajstić information content (AvgIpc) is 2.82. The van der Waals surface area contributed by atoms with Crippen molar-refractivity contribution in [1.29, 1.82) is 0 Å². The Morgan fingerprint density at radius 3 is 2.90 bits per heavy atom. The molecule has 0 bridgehead atoms. The fourth-order valence-corrected chi connectivity index (χ4v) is 2.14. The topological polar surface area (TPSA) is 49.9 Å². The third kappa shape index (κ3) is 3.57. The molecular weight excluding hydrogens is 257 g/mol. The number of hydrogen-bond acceptors (Lipinski definition) is 3. The van der Waals surface area contributed by atoms with E-state index in [0.717, 1.165) is 17.8 Å². The van der Waals surface area contributed by atoms with Gasteiger partial charge in [-0.1, -0.05) is 6.07 Å². The van der Waals surface area contributed by atoms with Crippen molar-refractivity contribution in [2.45, 2.75) is 32.9 Å². The standard InChI is InChI=1S/C15H20FN3O/c1-10(7-12-8-11(2)18-19-12)17-9-13-14(16)5-4-6-15(13)20-3/h4-6,8,10,17H,7,9H2,1-3H3,(H,18,19). The number of nitrogens with zero attached hydrogens (tertiary/aromatic N) is 1. The number of benzene rings is 1. The van der Waals surface area contributed by atoms with Crippen molar-refractivity contribution in [1.82, 2.24) is 15.5 Å². The highest BCUT2D eigenvalue weighted by Crippen LogP contribution is 2.21. The van der Waals surface area contributed by atoms with Gasteiger partial charge in [-0.3, -0.25) is 5.10 Å². The van der Waals surface area contributed by atoms with E-state index in [2.05, 4.69) is 22.4 Å². The van der Waals surface area contributed by atoms with Crippen LogP contribution in [-0.4, -0.2) is 23.3 Å². The zero-order valence-corrected chi connectivity index (χ0v) is 12.0. The third-order valence-corrected chi connectivity index (χ3v) is 3.20. The Bertz CT molecular complexity index is 568. The second-order valence-corrected chi connectivity index (χ2v) is 4.95. The Morgan fingerprint density at radius 1 is 1.45 bits per heavy atom. The van der Waals surface area contributed by atoms with Gasteiger partial charge in [-0.15, -0.1) is 0 Å². The number of aromatic nitrogens is 2. The molecular formula is C15H20FN3O. The zero-order chi connectivity index (χ0) is 14.5. The lowest BCUT2D eigenvalue weighted by atomic mass is 10.1. The molecule has 4 nitrogen and oxygen atoms in total. The number of hydrogen-bond donors (Lipinski definition) is 2. The lowest BCUT2D eigenvalue weighted by Crippen LogP contribution is -2.28. The molecule has 0 aliphatic carbocycles. The maximum atomic E-state index is 13.8. The molecule has 0 saturated heterocycles. The van der Waals surface area contributed by atoms with E-state index < -0.39 is 0 Å². The van der Waals surface area contributed by atoms with Crippen LogP contribution < -0.4 is 10.1 Å². The first-order valence-electron chi connectivity index (χ1n) is 6.65. The van der Waals surface area contributed by atoms with Crippen LogP contribution in [0.2, 0.25) is 0 Å². The molecule has 0 amide bonds. The van der Waals surface area contributed by atoms with Gasteiger partial charge in [0.05, 0.1) is 12.8 Å². The lowest BCUT2D eigenvalue weighted by molar-refractivity contribution is 0.399. The molecule has 1 heterocycles. The highest BCUT2D eigenvalue weighted by Gasteiger charge is 2.11. The van der Waals surface area contributed by atoms with Crippen LogP contribution in [0.3, 0.4) is 0 Å². The Labute approximate surface area is 118 Å². The molecule has 20 heavy (non-hydrogen) atoms. The van der Waals surface area contributed by atoms with Gasteiger partial charge >= 0.3 is 0 Å². The largest absolute Gasteiger partial charge is 0.496 e. The second kappa shape index (κ2) is 6.52. The second-order valence-electron chi connectivity index (χ2n) is 4.95. The van der Waals surface area contributed by atoms with Crippen LogP contribution in [0.4, 0.5) is 4.39 Å². The number of rotatable bonds is 6. The van der Waals surface area contributed by atoms with Gasteiger partial charge in [-0.05, 0) is 32.0 Å². The maximum Gasteiger partial charge on any atom is 0.131 e. The van der Waals surface area contributed by atoms with Crippen LogP contribution in [0.1, 0.15) is 23.9 Å². The molecule has 0 aliphatic rings. The van der Waals surface area contributed by atoms with Crippen LogP contribution in [-0.2, 0) is 13.0 Å². The number of aryl methyl sites for hydroxylation is 1. The van der Waals surface area contributed by atoms with Crippen molar-refractivity contribution in [3.8, 4) is 5.75 Å². The molecule has 2 rings (SSSR count). The predicted molar refractivity (Wildman–Crippen MR) is 76.3 cm³/mol. The molecule has 0 fully saturated rings. The van der Waals surface area contributed by atoms with Gasteiger partial charge in [0.2, 0.25) is 0 Å². The minimum Gasteiger partial charge on any atom is -0.496 e. The van der Waals surface area contributed by atoms with Crippen LogP contribution in [0.25, 0.3) is 0 Å². The van der Waals surface area contributed by atoms with E-state index in [1.807, 2.05) is 13.0 Å². The summed E-state index contributed by atoms with van der Waals surface area (Å²) in [6.07, 6.45) is 0.793. The smallest absolute Gasteiger partial charge is 0.131 e. The van der Waals surface area contributed by atoms with Crippen molar-refractivity contribution in [3.63, 3.8) is 0 Å². The molecule has 2 aromatic rings. The molecule has 5 heteroatoms. The minimum atomic E-state index is -0.250. The van der Waals surface area contributed by atoms with Crippen LogP contribution in [0.15, 0.2) is 24.3 Å². The number of methoxy groups -OCH3 is 1. The van der Waals surface area contributed by atoms with Gasteiger partial charge in [0.1, 0.15) is 11.6 Å². The highest BCUT2D eigenvalue weighted by atomic mass is 19.1. The fourth-order valence-electron chi connectivity index (χ4n) is 2.14. The molecule has 108 valence electrons. The summed E-state index contributed by atoms with van der Waals surface area (Å²) >= 11 is 0. The predicted octanol–water partition coefficient (Wildman–Crippen LogP) is 2.59. The Kier molecular flexibility index (Phi) is 4.74. The molecule has 0 radical (unpaired) electrons. The molecule has 1 unspecified atom stereocenters. The first-order valence-corrected chi connectivity index (χ1v) is 6.65. The van der Waals surface area contributed by atoms with Crippen LogP contribution in [0.5, 0.6) is 5.75 Å². The first kappa shape index (κ1) is 14.5. The molecule has 1 aromatic carbocycles. The minimum absolute atomic E-state index is 0.196. The van der Waals surface area contributed by atoms with Crippen molar-refractivity contribution in [2.24, 2.45) is 0 Å². The van der Waals surface area contributed by atoms with E-state index in [4.69, 9.17) is 4.74 Å². The van der Waals surface area contributed by atoms with Gasteiger partial charge in [0, 0.05) is 30.3 Å². The van der Waals surface area contributed by atoms with Gasteiger partial charge in [-0.25, -0.2) is 4.39 Å². The van der Waals surface area contributed by atoms with Crippen LogP contribution >= 0.6 is 0 Å². The zero-order valence-electron chi connectivity index (χ0n) is 12.0. The van der Waals surface area contributed by atoms with E-state index in [9.17, 15) is 4.39 Å². The van der Waals surface area contributed by atoms with Gasteiger partial charge in [0.15, 0.2) is 0 Å². The van der Waals surface area contributed by atoms with Crippen molar-refractivity contribution >= 4 is 0 Å². The highest BCUT2D eigenvalue weighted by molar-refractivity contribution is 5.34. The van der Waals surface area contributed by atoms with E-state index in [1.165, 1.54) is 6.07 Å². The number of ether oxygens (including phenoxy) is 1. The summed E-state index contributed by atoms with van der Waals surface area (Å²) in [7, 11) is 1.55. The molecule has 0 saturated carbocycles. The number of aromatic amines is 1. The van der Waals surface area contributed by atoms with Gasteiger partial charge < -0.3 is 10.1 Å². The first-order chi connectivity index (χ1) is 9.60. The average molecular weight is 277 g/mol. The molecule has 0 aliphatic heterocycles. The Balaban J connectivity index is 1.95. The van der Waals surface area contributed by atoms with Crippen LogP contribution in [0, 0.1) is 12.7 Å². The van der Waals surface area contributed by atoms with E-state index in [-0.39, 0.29) is 11.9 Å². The van der Waals surface area contributed by atoms with E-state index in [1.54, 1.807) is 19.2 Å². The van der Waals surface area contributed by atoms with Gasteiger partial charge in [-0.2, -0.15) is 5.10 Å². The van der Waals surface area contributed by atoms with Gasteiger partial charge in [0.25, 0.3) is 0 Å². The number of H-pyrrole nitrogens is 1. The summed E-state index contributed by atoms with van der Waals surface area (Å²) < 4.78 is 19.0. The summed E-state index contributed by atoms with van der Waals surface area (Å²) in [4.78, 5) is 0. The number of halogens is 1. The molecule has 1 atom stereocenters. The Hall–Kier alpha value is -1.88. The SMILES string of the molecule is COc1cccc(F)c1CNC(C)Cc1cc(C)[nH]n1.